The molecule has 1 aromatic rings. The zero-order chi connectivity index (χ0) is 13.7. The fourth-order valence-corrected chi connectivity index (χ4v) is 2.66. The number of benzene rings is 1. The molecule has 0 saturated carbocycles. The molecule has 2 rings (SSSR count). The summed E-state index contributed by atoms with van der Waals surface area (Å²) >= 11 is 1.72. The van der Waals surface area contributed by atoms with Gasteiger partial charge >= 0.3 is 0 Å². The lowest BCUT2D eigenvalue weighted by atomic mass is 10.1. The van der Waals surface area contributed by atoms with Crippen molar-refractivity contribution in [1.82, 2.24) is 10.2 Å². The number of hydrogen-bond acceptors (Lipinski definition) is 4. The van der Waals surface area contributed by atoms with E-state index in [1.54, 1.807) is 18.9 Å². The van der Waals surface area contributed by atoms with E-state index in [0.29, 0.717) is 13.2 Å². The number of rotatable bonds is 6. The Labute approximate surface area is 118 Å². The average Bonchev–Trinajstić information content (AvgIpc) is 2.81. The molecule has 1 N–H and O–H groups in total. The second kappa shape index (κ2) is 6.93. The summed E-state index contributed by atoms with van der Waals surface area (Å²) in [6.07, 6.45) is 2.92. The van der Waals surface area contributed by atoms with Gasteiger partial charge in [0.05, 0.1) is 6.54 Å². The molecule has 5 heteroatoms. The predicted molar refractivity (Wildman–Crippen MR) is 77.2 cm³/mol. The summed E-state index contributed by atoms with van der Waals surface area (Å²) in [5.41, 5.74) is 1.14. The summed E-state index contributed by atoms with van der Waals surface area (Å²) < 4.78 is 5.05. The third kappa shape index (κ3) is 3.49. The molecule has 1 aliphatic rings. The molecule has 0 spiro atoms. The summed E-state index contributed by atoms with van der Waals surface area (Å²) in [5, 5.41) is 3.27. The first-order valence-corrected chi connectivity index (χ1v) is 7.64. The number of methoxy groups -OCH3 is 1. The van der Waals surface area contributed by atoms with Crippen LogP contribution in [0.15, 0.2) is 29.2 Å². The number of amides is 1. The molecule has 0 radical (unpaired) electrons. The Balaban J connectivity index is 2.05. The van der Waals surface area contributed by atoms with Crippen LogP contribution < -0.4 is 5.32 Å². The van der Waals surface area contributed by atoms with Crippen LogP contribution >= 0.6 is 11.8 Å². The van der Waals surface area contributed by atoms with Crippen LogP contribution in [-0.4, -0.2) is 43.9 Å². The number of hydrogen-bond donors (Lipinski definition) is 1. The monoisotopic (exact) mass is 280 g/mol. The van der Waals surface area contributed by atoms with Crippen LogP contribution in [0.4, 0.5) is 0 Å². The summed E-state index contributed by atoms with van der Waals surface area (Å²) in [7, 11) is 1.68. The van der Waals surface area contributed by atoms with Gasteiger partial charge in [0, 0.05) is 25.2 Å². The van der Waals surface area contributed by atoms with Gasteiger partial charge in [0.1, 0.15) is 6.17 Å². The first kappa shape index (κ1) is 14.4. The number of ether oxygens (including phenoxy) is 1. The van der Waals surface area contributed by atoms with Crippen molar-refractivity contribution in [2.75, 3.05) is 33.1 Å². The van der Waals surface area contributed by atoms with Gasteiger partial charge in [0.15, 0.2) is 0 Å². The maximum Gasteiger partial charge on any atom is 0.238 e. The smallest absolute Gasteiger partial charge is 0.238 e. The van der Waals surface area contributed by atoms with Crippen LogP contribution in [0, 0.1) is 0 Å². The number of nitrogens with zero attached hydrogens (tertiary/aromatic N) is 1. The molecule has 1 unspecified atom stereocenters. The molecule has 1 atom stereocenters. The van der Waals surface area contributed by atoms with E-state index < -0.39 is 0 Å². The van der Waals surface area contributed by atoms with Crippen LogP contribution in [0.25, 0.3) is 0 Å². The Morgan fingerprint density at radius 2 is 2.16 bits per heavy atom. The number of nitrogens with one attached hydrogen (secondary N) is 1. The molecule has 0 aromatic heterocycles. The Morgan fingerprint density at radius 3 is 2.79 bits per heavy atom. The molecule has 0 aliphatic carbocycles. The predicted octanol–water partition coefficient (Wildman–Crippen LogP) is 1.88. The summed E-state index contributed by atoms with van der Waals surface area (Å²) in [6.45, 7) is 1.83. The van der Waals surface area contributed by atoms with Crippen LogP contribution in [0.1, 0.15) is 18.2 Å². The first-order valence-electron chi connectivity index (χ1n) is 6.42. The van der Waals surface area contributed by atoms with Crippen molar-refractivity contribution in [3.8, 4) is 0 Å². The second-order valence-electron chi connectivity index (χ2n) is 4.49. The maximum atomic E-state index is 11.9. The van der Waals surface area contributed by atoms with E-state index in [2.05, 4.69) is 35.8 Å². The Bertz CT molecular complexity index is 422. The first-order chi connectivity index (χ1) is 9.26. The highest BCUT2D eigenvalue weighted by atomic mass is 32.2. The summed E-state index contributed by atoms with van der Waals surface area (Å²) in [4.78, 5) is 15.0. The fourth-order valence-electron chi connectivity index (χ4n) is 2.26. The highest BCUT2D eigenvalue weighted by Gasteiger charge is 2.30. The van der Waals surface area contributed by atoms with E-state index in [0.717, 1.165) is 18.5 Å². The molecule has 1 saturated heterocycles. The van der Waals surface area contributed by atoms with Crippen molar-refractivity contribution in [2.45, 2.75) is 17.5 Å². The second-order valence-corrected chi connectivity index (χ2v) is 5.37. The van der Waals surface area contributed by atoms with Crippen molar-refractivity contribution in [2.24, 2.45) is 0 Å². The number of carbonyl (C=O) groups is 1. The number of carbonyl (C=O) groups excluding carboxylic acids is 1. The minimum atomic E-state index is 0.000243. The third-order valence-electron chi connectivity index (χ3n) is 3.26. The van der Waals surface area contributed by atoms with E-state index >= 15 is 0 Å². The molecular weight excluding hydrogens is 260 g/mol. The van der Waals surface area contributed by atoms with Crippen molar-refractivity contribution in [3.05, 3.63) is 29.8 Å². The largest absolute Gasteiger partial charge is 0.385 e. The van der Waals surface area contributed by atoms with E-state index in [1.807, 2.05) is 4.90 Å². The van der Waals surface area contributed by atoms with Crippen molar-refractivity contribution >= 4 is 17.7 Å². The fraction of sp³-hybridized carbons (Fsp3) is 0.500. The standard InChI is InChI=1S/C14H20N2O2S/c1-18-9-3-8-16-13(17)10-15-14(16)11-4-6-12(19-2)7-5-11/h4-7,14-15H,3,8-10H2,1-2H3. The van der Waals surface area contributed by atoms with Gasteiger partial charge in [-0.05, 0) is 30.4 Å². The molecule has 0 bridgehead atoms. The zero-order valence-electron chi connectivity index (χ0n) is 11.4. The van der Waals surface area contributed by atoms with Crippen LogP contribution in [0.2, 0.25) is 0 Å². The molecule has 104 valence electrons. The molecule has 1 heterocycles. The van der Waals surface area contributed by atoms with E-state index in [1.165, 1.54) is 4.90 Å². The van der Waals surface area contributed by atoms with Crippen molar-refractivity contribution < 1.29 is 9.53 Å². The molecule has 1 fully saturated rings. The third-order valence-corrected chi connectivity index (χ3v) is 4.00. The van der Waals surface area contributed by atoms with Gasteiger partial charge in [0.2, 0.25) is 5.91 Å². The van der Waals surface area contributed by atoms with Crippen LogP contribution in [0.5, 0.6) is 0 Å². The lowest BCUT2D eigenvalue weighted by Gasteiger charge is -2.24. The number of thioether (sulfide) groups is 1. The van der Waals surface area contributed by atoms with Gasteiger partial charge in [-0.3, -0.25) is 10.1 Å². The van der Waals surface area contributed by atoms with Gasteiger partial charge < -0.3 is 9.64 Å². The molecule has 19 heavy (non-hydrogen) atoms. The van der Waals surface area contributed by atoms with Crippen LogP contribution in [-0.2, 0) is 9.53 Å². The molecule has 1 amide bonds. The maximum absolute atomic E-state index is 11.9. The summed E-state index contributed by atoms with van der Waals surface area (Å²) in [6, 6.07) is 8.37. The van der Waals surface area contributed by atoms with Gasteiger partial charge in [-0.15, -0.1) is 11.8 Å². The van der Waals surface area contributed by atoms with Crippen molar-refractivity contribution in [1.29, 1.82) is 0 Å². The average molecular weight is 280 g/mol. The highest BCUT2D eigenvalue weighted by molar-refractivity contribution is 7.98. The Kier molecular flexibility index (Phi) is 5.24. The van der Waals surface area contributed by atoms with Crippen molar-refractivity contribution in [3.63, 3.8) is 0 Å². The Morgan fingerprint density at radius 1 is 1.42 bits per heavy atom. The van der Waals surface area contributed by atoms with Gasteiger partial charge in [-0.2, -0.15) is 0 Å². The summed E-state index contributed by atoms with van der Waals surface area (Å²) in [5.74, 6) is 0.162. The molecule has 1 aliphatic heterocycles. The quantitative estimate of drug-likeness (QED) is 0.638. The molecule has 1 aromatic carbocycles. The van der Waals surface area contributed by atoms with E-state index in [9.17, 15) is 4.79 Å². The normalized spacial score (nSPS) is 19.2. The minimum Gasteiger partial charge on any atom is -0.385 e. The van der Waals surface area contributed by atoms with E-state index in [4.69, 9.17) is 4.74 Å². The lowest BCUT2D eigenvalue weighted by molar-refractivity contribution is -0.128. The minimum absolute atomic E-state index is 0.000243. The van der Waals surface area contributed by atoms with Gasteiger partial charge in [-0.1, -0.05) is 12.1 Å². The van der Waals surface area contributed by atoms with E-state index in [-0.39, 0.29) is 12.1 Å². The zero-order valence-corrected chi connectivity index (χ0v) is 12.2. The van der Waals surface area contributed by atoms with Gasteiger partial charge in [-0.25, -0.2) is 0 Å². The highest BCUT2D eigenvalue weighted by Crippen LogP contribution is 2.24. The molecular formula is C14H20N2O2S. The SMILES string of the molecule is COCCCN1C(=O)CNC1c1ccc(SC)cc1. The lowest BCUT2D eigenvalue weighted by Crippen LogP contribution is -2.31. The van der Waals surface area contributed by atoms with Crippen LogP contribution in [0.3, 0.4) is 0 Å². The Hall–Kier alpha value is -1.04. The molecule has 4 nitrogen and oxygen atoms in total. The topological polar surface area (TPSA) is 41.6 Å². The van der Waals surface area contributed by atoms with Gasteiger partial charge in [0.25, 0.3) is 0 Å².